The summed E-state index contributed by atoms with van der Waals surface area (Å²) in [5, 5.41) is 5.88. The van der Waals surface area contributed by atoms with Crippen LogP contribution in [0.3, 0.4) is 0 Å². The molecule has 2 unspecified atom stereocenters. The van der Waals surface area contributed by atoms with Gasteiger partial charge in [0.2, 0.25) is 0 Å². The third-order valence-electron chi connectivity index (χ3n) is 5.85. The highest BCUT2D eigenvalue weighted by Gasteiger charge is 2.22. The van der Waals surface area contributed by atoms with Gasteiger partial charge in [-0.05, 0) is 69.6 Å². The molecule has 0 bridgehead atoms. The minimum Gasteiger partial charge on any atom is -0.493 e. The first-order valence-electron chi connectivity index (χ1n) is 10.4. The van der Waals surface area contributed by atoms with E-state index in [2.05, 4.69) is 65.7 Å². The fraction of sp³-hybridized carbons (Fsp3) is 0.375. The number of nitrogen functional groups attached to an aromatic ring is 1. The monoisotopic (exact) mass is 390 g/mol. The molecule has 0 spiro atoms. The molecule has 1 aliphatic rings. The molecule has 5 heteroatoms. The van der Waals surface area contributed by atoms with Crippen molar-refractivity contribution in [2.24, 2.45) is 0 Å². The number of nitrogens with zero attached hydrogens (tertiary/aromatic N) is 2. The van der Waals surface area contributed by atoms with Gasteiger partial charge in [0.15, 0.2) is 0 Å². The fourth-order valence-electron chi connectivity index (χ4n) is 4.21. The van der Waals surface area contributed by atoms with Gasteiger partial charge in [-0.2, -0.15) is 0 Å². The molecule has 3 aromatic rings. The lowest BCUT2D eigenvalue weighted by Gasteiger charge is -2.34. The molecule has 0 saturated carbocycles. The number of pyridine rings is 1. The smallest absolute Gasteiger partial charge is 0.127 e. The second-order valence-corrected chi connectivity index (χ2v) is 8.03. The van der Waals surface area contributed by atoms with Gasteiger partial charge in [-0.1, -0.05) is 30.3 Å². The van der Waals surface area contributed by atoms with Crippen LogP contribution in [0.1, 0.15) is 19.3 Å². The lowest BCUT2D eigenvalue weighted by molar-refractivity contribution is 0.187. The minimum absolute atomic E-state index is 0.512. The zero-order valence-corrected chi connectivity index (χ0v) is 17.3. The number of ether oxygens (including phenoxy) is 1. The summed E-state index contributed by atoms with van der Waals surface area (Å²) in [5.41, 5.74) is 7.85. The summed E-state index contributed by atoms with van der Waals surface area (Å²) in [6, 6.07) is 19.4. The van der Waals surface area contributed by atoms with E-state index in [1.165, 1.54) is 12.8 Å². The van der Waals surface area contributed by atoms with E-state index in [0.717, 1.165) is 40.7 Å². The predicted octanol–water partition coefficient (Wildman–Crippen LogP) is 3.94. The second kappa shape index (κ2) is 8.80. The molecule has 1 fully saturated rings. The third-order valence-corrected chi connectivity index (χ3v) is 5.85. The van der Waals surface area contributed by atoms with Gasteiger partial charge in [-0.25, -0.2) is 4.98 Å². The first-order chi connectivity index (χ1) is 14.1. The summed E-state index contributed by atoms with van der Waals surface area (Å²) in [4.78, 5) is 6.83. The summed E-state index contributed by atoms with van der Waals surface area (Å²) >= 11 is 0. The van der Waals surface area contributed by atoms with Crippen LogP contribution in [0.25, 0.3) is 22.0 Å². The molecule has 1 aliphatic heterocycles. The number of aromatic nitrogens is 1. The van der Waals surface area contributed by atoms with Crippen molar-refractivity contribution in [3.8, 4) is 17.0 Å². The molecule has 2 heterocycles. The van der Waals surface area contributed by atoms with E-state index in [0.29, 0.717) is 24.5 Å². The summed E-state index contributed by atoms with van der Waals surface area (Å²) in [6.45, 7) is 1.79. The maximum atomic E-state index is 6.23. The number of rotatable bonds is 6. The quantitative estimate of drug-likeness (QED) is 0.668. The van der Waals surface area contributed by atoms with Crippen LogP contribution in [-0.2, 0) is 0 Å². The molecule has 0 amide bonds. The van der Waals surface area contributed by atoms with Crippen LogP contribution in [0.4, 0.5) is 5.82 Å². The second-order valence-electron chi connectivity index (χ2n) is 8.03. The molecule has 0 radical (unpaired) electrons. The van der Waals surface area contributed by atoms with E-state index in [9.17, 15) is 0 Å². The Kier molecular flexibility index (Phi) is 5.97. The molecule has 2 atom stereocenters. The zero-order chi connectivity index (χ0) is 20.2. The average molecular weight is 391 g/mol. The topological polar surface area (TPSA) is 63.4 Å². The highest BCUT2D eigenvalue weighted by atomic mass is 16.5. The van der Waals surface area contributed by atoms with Crippen molar-refractivity contribution in [2.45, 2.75) is 31.3 Å². The minimum atomic E-state index is 0.512. The van der Waals surface area contributed by atoms with Crippen LogP contribution in [-0.4, -0.2) is 49.2 Å². The molecule has 29 heavy (non-hydrogen) atoms. The Morgan fingerprint density at radius 1 is 1.07 bits per heavy atom. The van der Waals surface area contributed by atoms with Crippen molar-refractivity contribution in [3.63, 3.8) is 0 Å². The molecule has 1 saturated heterocycles. The molecule has 2 aromatic carbocycles. The van der Waals surface area contributed by atoms with E-state index in [1.54, 1.807) is 0 Å². The number of hydrogen-bond donors (Lipinski definition) is 2. The van der Waals surface area contributed by atoms with E-state index >= 15 is 0 Å². The fourth-order valence-corrected chi connectivity index (χ4v) is 4.21. The number of nitrogens with one attached hydrogen (secondary N) is 1. The van der Waals surface area contributed by atoms with Crippen LogP contribution in [0.5, 0.6) is 5.75 Å². The predicted molar refractivity (Wildman–Crippen MR) is 120 cm³/mol. The summed E-state index contributed by atoms with van der Waals surface area (Å²) in [5.74, 6) is 1.45. The molecule has 1 aromatic heterocycles. The van der Waals surface area contributed by atoms with E-state index < -0.39 is 0 Å². The van der Waals surface area contributed by atoms with Gasteiger partial charge in [0, 0.05) is 23.0 Å². The van der Waals surface area contributed by atoms with Crippen molar-refractivity contribution in [1.29, 1.82) is 0 Å². The van der Waals surface area contributed by atoms with Gasteiger partial charge < -0.3 is 20.7 Å². The Hall–Kier alpha value is -2.63. The highest BCUT2D eigenvalue weighted by molar-refractivity contribution is 5.99. The van der Waals surface area contributed by atoms with Crippen LogP contribution in [0.2, 0.25) is 0 Å². The maximum absolute atomic E-state index is 6.23. The van der Waals surface area contributed by atoms with Gasteiger partial charge in [0.1, 0.15) is 11.6 Å². The third kappa shape index (κ3) is 4.52. The van der Waals surface area contributed by atoms with Crippen molar-refractivity contribution in [2.75, 3.05) is 33.0 Å². The normalized spacial score (nSPS) is 19.6. The van der Waals surface area contributed by atoms with Gasteiger partial charge >= 0.3 is 0 Å². The van der Waals surface area contributed by atoms with Gasteiger partial charge in [0.25, 0.3) is 0 Å². The van der Waals surface area contributed by atoms with Crippen molar-refractivity contribution < 1.29 is 4.74 Å². The zero-order valence-electron chi connectivity index (χ0n) is 17.3. The Bertz CT molecular complexity index is 972. The first kappa shape index (κ1) is 19.7. The molecule has 152 valence electrons. The number of piperidine rings is 1. The van der Waals surface area contributed by atoms with Crippen molar-refractivity contribution in [1.82, 2.24) is 15.2 Å². The molecule has 3 N–H and O–H groups in total. The summed E-state index contributed by atoms with van der Waals surface area (Å²) in [6.07, 6.45) is 3.41. The van der Waals surface area contributed by atoms with Gasteiger partial charge in [0.05, 0.1) is 12.3 Å². The molecular weight excluding hydrogens is 360 g/mol. The number of benzene rings is 2. The highest BCUT2D eigenvalue weighted by Crippen LogP contribution is 2.34. The Morgan fingerprint density at radius 3 is 2.69 bits per heavy atom. The first-order valence-corrected chi connectivity index (χ1v) is 10.4. The SMILES string of the molecule is CN(C)C1CCNC(CCOc2ccc(-c3cccc(N)n3)c3ccccc23)C1. The number of nitrogens with two attached hydrogens (primary N) is 1. The number of fused-ring (bicyclic) bond motifs is 1. The Labute approximate surface area is 172 Å². The largest absolute Gasteiger partial charge is 0.493 e. The molecule has 0 aliphatic carbocycles. The lowest BCUT2D eigenvalue weighted by Crippen LogP contribution is -2.46. The Balaban J connectivity index is 1.50. The van der Waals surface area contributed by atoms with E-state index in [-0.39, 0.29) is 0 Å². The maximum Gasteiger partial charge on any atom is 0.127 e. The van der Waals surface area contributed by atoms with E-state index in [4.69, 9.17) is 10.5 Å². The van der Waals surface area contributed by atoms with Crippen molar-refractivity contribution in [3.05, 3.63) is 54.6 Å². The van der Waals surface area contributed by atoms with Gasteiger partial charge in [-0.15, -0.1) is 0 Å². The lowest BCUT2D eigenvalue weighted by atomic mass is 9.96. The summed E-state index contributed by atoms with van der Waals surface area (Å²) < 4.78 is 6.23. The summed E-state index contributed by atoms with van der Waals surface area (Å²) in [7, 11) is 4.35. The molecule has 4 rings (SSSR count). The molecule has 5 nitrogen and oxygen atoms in total. The van der Waals surface area contributed by atoms with Crippen LogP contribution in [0, 0.1) is 0 Å². The number of hydrogen-bond acceptors (Lipinski definition) is 5. The standard InChI is InChI=1S/C24H30N4O/c1-28(2)18-12-14-26-17(16-18)13-15-29-23-11-10-20(19-6-3-4-7-21(19)23)22-8-5-9-24(25)27-22/h3-11,17-18,26H,12-16H2,1-2H3,(H2,25,27). The number of anilines is 1. The van der Waals surface area contributed by atoms with Gasteiger partial charge in [-0.3, -0.25) is 0 Å². The van der Waals surface area contributed by atoms with E-state index in [1.807, 2.05) is 18.2 Å². The van der Waals surface area contributed by atoms with Crippen LogP contribution < -0.4 is 15.8 Å². The Morgan fingerprint density at radius 2 is 1.90 bits per heavy atom. The van der Waals surface area contributed by atoms with Crippen LogP contribution >= 0.6 is 0 Å². The van der Waals surface area contributed by atoms with Crippen LogP contribution in [0.15, 0.2) is 54.6 Å². The molecular formula is C24H30N4O. The average Bonchev–Trinajstić information content (AvgIpc) is 2.74. The van der Waals surface area contributed by atoms with Crippen molar-refractivity contribution >= 4 is 16.6 Å².